The lowest BCUT2D eigenvalue weighted by Crippen LogP contribution is -2.43. The molecule has 0 saturated carbocycles. The molecule has 0 heterocycles. The smallest absolute Gasteiger partial charge is 0.407 e. The summed E-state index contributed by atoms with van der Waals surface area (Å²) in [5.41, 5.74) is 3.98. The van der Waals surface area contributed by atoms with Crippen molar-refractivity contribution in [1.82, 2.24) is 20.9 Å². The van der Waals surface area contributed by atoms with E-state index in [1.54, 1.807) is 20.8 Å². The van der Waals surface area contributed by atoms with E-state index in [0.29, 0.717) is 19.8 Å². The van der Waals surface area contributed by atoms with Gasteiger partial charge in [0.05, 0.1) is 98.5 Å². The first kappa shape index (κ1) is 54.2. The van der Waals surface area contributed by atoms with Crippen molar-refractivity contribution in [2.45, 2.75) is 64.4 Å². The first-order valence-electron chi connectivity index (χ1n) is 22.1. The van der Waals surface area contributed by atoms with Crippen LogP contribution >= 0.6 is 0 Å². The van der Waals surface area contributed by atoms with E-state index in [9.17, 15) is 28.8 Å². The number of hydrogen-bond donors (Lipinski definition) is 4. The maximum Gasteiger partial charge on any atom is 0.407 e. The second-order valence-corrected chi connectivity index (χ2v) is 15.7. The number of fused-ring (bicyclic) bond motifs is 3. The molecule has 0 aromatic heterocycles. The minimum absolute atomic E-state index is 0.0311. The highest BCUT2D eigenvalue weighted by Crippen LogP contribution is 2.44. The summed E-state index contributed by atoms with van der Waals surface area (Å²) in [5, 5.41) is 16.9. The highest BCUT2D eigenvalue weighted by molar-refractivity contribution is 5.80. The summed E-state index contributed by atoms with van der Waals surface area (Å²) in [6.45, 7) is 9.00. The van der Waals surface area contributed by atoms with Crippen molar-refractivity contribution >= 4 is 35.8 Å². The topological polar surface area (TPSA) is 236 Å². The second-order valence-electron chi connectivity index (χ2n) is 15.7. The number of rotatable bonds is 35. The Balaban J connectivity index is 1.30. The number of carbonyl (C=O) groups excluding carboxylic acids is 5. The van der Waals surface area contributed by atoms with Crippen LogP contribution in [0.25, 0.3) is 11.1 Å². The van der Waals surface area contributed by atoms with Crippen LogP contribution in [-0.4, -0.2) is 170 Å². The lowest BCUT2D eigenvalue weighted by Gasteiger charge is -2.23. The molecule has 0 spiro atoms. The molecule has 1 aliphatic rings. The summed E-state index contributed by atoms with van der Waals surface area (Å²) in [5.74, 6) is -2.12. The molecule has 0 bridgehead atoms. The quantitative estimate of drug-likeness (QED) is 0.0575. The summed E-state index contributed by atoms with van der Waals surface area (Å²) in [6, 6.07) is 16.2. The Hall–Kier alpha value is -5.18. The van der Waals surface area contributed by atoms with Crippen LogP contribution in [0.1, 0.15) is 69.9 Å². The average Bonchev–Trinajstić information content (AvgIpc) is 3.58. The zero-order chi connectivity index (χ0) is 47.1. The predicted molar refractivity (Wildman–Crippen MR) is 237 cm³/mol. The van der Waals surface area contributed by atoms with E-state index in [0.717, 1.165) is 22.3 Å². The van der Waals surface area contributed by atoms with Gasteiger partial charge in [-0.25, -0.2) is 4.79 Å². The van der Waals surface area contributed by atoms with Crippen LogP contribution in [0.3, 0.4) is 0 Å². The van der Waals surface area contributed by atoms with Crippen LogP contribution in [0.15, 0.2) is 48.5 Å². The van der Waals surface area contributed by atoms with E-state index >= 15 is 0 Å². The molecule has 0 radical (unpaired) electrons. The average molecular weight is 917 g/mol. The van der Waals surface area contributed by atoms with E-state index in [2.05, 4.69) is 28.1 Å². The van der Waals surface area contributed by atoms with E-state index < -0.39 is 17.7 Å². The molecule has 0 atom stereocenters. The van der Waals surface area contributed by atoms with Gasteiger partial charge >= 0.3 is 18.0 Å². The molecule has 0 aliphatic heterocycles. The second kappa shape index (κ2) is 31.7. The van der Waals surface area contributed by atoms with Crippen molar-refractivity contribution in [3.05, 3.63) is 59.7 Å². The Kier molecular flexibility index (Phi) is 26.4. The third-order valence-electron chi connectivity index (χ3n) is 9.47. The Morgan fingerprint density at radius 1 is 0.554 bits per heavy atom. The number of hydrogen-bond acceptors (Lipinski definition) is 14. The van der Waals surface area contributed by atoms with Gasteiger partial charge in [-0.05, 0) is 43.0 Å². The number of aliphatic carboxylic acids is 1. The minimum Gasteiger partial charge on any atom is -0.481 e. The minimum atomic E-state index is -0.950. The molecule has 4 amide bonds. The van der Waals surface area contributed by atoms with Gasteiger partial charge in [-0.15, -0.1) is 0 Å². The third kappa shape index (κ3) is 24.1. The van der Waals surface area contributed by atoms with Gasteiger partial charge in [-0.1, -0.05) is 48.5 Å². The number of alkyl carbamates (subject to hydrolysis) is 1. The van der Waals surface area contributed by atoms with Gasteiger partial charge in [0.15, 0.2) is 0 Å². The Bertz CT molecular complexity index is 1710. The molecular weight excluding hydrogens is 849 g/mol. The van der Waals surface area contributed by atoms with Crippen LogP contribution in [0, 0.1) is 0 Å². The Morgan fingerprint density at radius 3 is 1.51 bits per heavy atom. The molecule has 4 N–H and O–H groups in total. The number of nitrogens with zero attached hydrogens (tertiary/aromatic N) is 1. The van der Waals surface area contributed by atoms with E-state index in [1.807, 2.05) is 36.4 Å². The highest BCUT2D eigenvalue weighted by Gasteiger charge is 2.29. The van der Waals surface area contributed by atoms with Gasteiger partial charge in [-0.2, -0.15) is 0 Å². The van der Waals surface area contributed by atoms with Crippen LogP contribution in [0.2, 0.25) is 0 Å². The number of amides is 4. The first-order chi connectivity index (χ1) is 31.3. The maximum atomic E-state index is 13.2. The molecule has 0 unspecified atom stereocenters. The van der Waals surface area contributed by atoms with Gasteiger partial charge in [0, 0.05) is 51.5 Å². The molecule has 2 aromatic carbocycles. The molecule has 19 heteroatoms. The molecule has 0 fully saturated rings. The van der Waals surface area contributed by atoms with E-state index in [1.165, 1.54) is 4.90 Å². The van der Waals surface area contributed by atoms with Crippen molar-refractivity contribution in [2.24, 2.45) is 0 Å². The fraction of sp³-hybridized carbons (Fsp3) is 0.609. The Labute approximate surface area is 381 Å². The monoisotopic (exact) mass is 916 g/mol. The summed E-state index contributed by atoms with van der Waals surface area (Å²) < 4.78 is 43.3. The lowest BCUT2D eigenvalue weighted by atomic mass is 9.98. The van der Waals surface area contributed by atoms with E-state index in [4.69, 9.17) is 43.0 Å². The van der Waals surface area contributed by atoms with Crippen LogP contribution in [-0.2, 0) is 61.9 Å². The number of nitrogens with one attached hydrogen (secondary N) is 3. The molecule has 1 aliphatic carbocycles. The number of benzene rings is 2. The molecular formula is C46H68N4O15. The van der Waals surface area contributed by atoms with Crippen molar-refractivity contribution in [2.75, 3.05) is 119 Å². The van der Waals surface area contributed by atoms with Gasteiger partial charge in [0.2, 0.25) is 17.7 Å². The molecule has 3 rings (SSSR count). The lowest BCUT2D eigenvalue weighted by molar-refractivity contribution is -0.156. The SMILES string of the molecule is CC(C)(C)OC(=O)CCOCCOCCOCCC(=O)NCCN(CCNC(=O)CCOCCOCCC(=O)O)C(=O)CCOCCNC(=O)OCC1c2ccccc2-c2ccccc21. The first-order valence-corrected chi connectivity index (χ1v) is 22.1. The molecule has 0 saturated heterocycles. The molecule has 65 heavy (non-hydrogen) atoms. The van der Waals surface area contributed by atoms with Gasteiger partial charge in [0.25, 0.3) is 0 Å². The van der Waals surface area contributed by atoms with Gasteiger partial charge in [-0.3, -0.25) is 24.0 Å². The number of carbonyl (C=O) groups is 6. The normalized spacial score (nSPS) is 11.9. The molecule has 2 aromatic rings. The van der Waals surface area contributed by atoms with Crippen molar-refractivity contribution < 1.29 is 71.8 Å². The van der Waals surface area contributed by atoms with Gasteiger partial charge < -0.3 is 63.9 Å². The predicted octanol–water partition coefficient (Wildman–Crippen LogP) is 3.06. The fourth-order valence-electron chi connectivity index (χ4n) is 6.39. The molecule has 362 valence electrons. The summed E-state index contributed by atoms with van der Waals surface area (Å²) in [6.07, 6.45) is -0.291. The van der Waals surface area contributed by atoms with Crippen molar-refractivity contribution in [3.63, 3.8) is 0 Å². The van der Waals surface area contributed by atoms with E-state index in [-0.39, 0.29) is 161 Å². The standard InChI is InChI=1S/C46H68N4O15/c1-46(2,3)65-44(56)16-26-62-31-33-63-32-30-60-23-13-41(52)48-18-21-50(20-17-47-40(51)12-22-59-28-29-61-25-15-43(54)55)42(53)14-24-58-27-19-49-45(57)64-34-39-37-10-6-4-8-35(37)36-9-5-7-11-38(36)39/h4-11,39H,12-34H2,1-3H3,(H,47,51)(H,48,52)(H,49,57)(H,54,55). The molecule has 19 nitrogen and oxygen atoms in total. The van der Waals surface area contributed by atoms with Crippen LogP contribution in [0.5, 0.6) is 0 Å². The van der Waals surface area contributed by atoms with Crippen molar-refractivity contribution in [3.8, 4) is 11.1 Å². The summed E-state index contributed by atoms with van der Waals surface area (Å²) in [4.78, 5) is 74.4. The Morgan fingerprint density at radius 2 is 1.00 bits per heavy atom. The van der Waals surface area contributed by atoms with Crippen LogP contribution < -0.4 is 16.0 Å². The fourth-order valence-corrected chi connectivity index (χ4v) is 6.39. The van der Waals surface area contributed by atoms with Crippen molar-refractivity contribution in [1.29, 1.82) is 0 Å². The number of carboxylic acid groups (broad SMARTS) is 1. The maximum absolute atomic E-state index is 13.2. The summed E-state index contributed by atoms with van der Waals surface area (Å²) >= 11 is 0. The zero-order valence-corrected chi connectivity index (χ0v) is 38.1. The zero-order valence-electron chi connectivity index (χ0n) is 38.1. The number of esters is 1. The number of ether oxygens (including phenoxy) is 8. The number of carboxylic acids is 1. The van der Waals surface area contributed by atoms with Crippen LogP contribution in [0.4, 0.5) is 4.79 Å². The largest absolute Gasteiger partial charge is 0.481 e. The summed E-state index contributed by atoms with van der Waals surface area (Å²) in [7, 11) is 0. The highest BCUT2D eigenvalue weighted by atomic mass is 16.6. The third-order valence-corrected chi connectivity index (χ3v) is 9.47. The van der Waals surface area contributed by atoms with Gasteiger partial charge in [0.1, 0.15) is 12.2 Å².